The van der Waals surface area contributed by atoms with Crippen molar-refractivity contribution in [3.05, 3.63) is 6.07 Å². The van der Waals surface area contributed by atoms with Crippen LogP contribution in [0.25, 0.3) is 0 Å². The number of nitrogen functional groups attached to an aromatic ring is 2. The van der Waals surface area contributed by atoms with Crippen LogP contribution in [0, 0.1) is 0 Å². The van der Waals surface area contributed by atoms with E-state index in [1.807, 2.05) is 0 Å². The predicted octanol–water partition coefficient (Wildman–Crippen LogP) is 0.476. The molecule has 1 aromatic heterocycles. The fourth-order valence-electron chi connectivity index (χ4n) is 2.77. The largest absolute Gasteiger partial charge is 0.383 e. The first-order chi connectivity index (χ1) is 10.6. The van der Waals surface area contributed by atoms with E-state index in [2.05, 4.69) is 20.2 Å². The van der Waals surface area contributed by atoms with Crippen LogP contribution < -0.4 is 16.8 Å². The smallest absolute Gasteiger partial charge is 0.230 e. The van der Waals surface area contributed by atoms with Gasteiger partial charge in [-0.2, -0.15) is 0 Å². The minimum absolute atomic E-state index is 0.0134. The SMILES string of the molecule is Nc1cc(N)nc(SCC(=O)NC2CCN(C3CC3)CC2)n1. The second kappa shape index (κ2) is 6.70. The van der Waals surface area contributed by atoms with E-state index >= 15 is 0 Å². The van der Waals surface area contributed by atoms with Crippen LogP contribution in [0.5, 0.6) is 0 Å². The van der Waals surface area contributed by atoms with Crippen molar-refractivity contribution in [2.45, 2.75) is 42.9 Å². The summed E-state index contributed by atoms with van der Waals surface area (Å²) in [4.78, 5) is 22.7. The molecule has 1 saturated heterocycles. The molecule has 1 aliphatic heterocycles. The Bertz CT molecular complexity index is 522. The number of piperidine rings is 1. The van der Waals surface area contributed by atoms with Gasteiger partial charge in [-0.25, -0.2) is 9.97 Å². The number of aromatic nitrogens is 2. The third kappa shape index (κ3) is 4.23. The fraction of sp³-hybridized carbons (Fsp3) is 0.643. The summed E-state index contributed by atoms with van der Waals surface area (Å²) in [6.07, 6.45) is 4.76. The van der Waals surface area contributed by atoms with Crippen molar-refractivity contribution >= 4 is 29.3 Å². The second-order valence-electron chi connectivity index (χ2n) is 5.90. The lowest BCUT2D eigenvalue weighted by molar-refractivity contribution is -0.119. The maximum atomic E-state index is 12.0. The number of amides is 1. The van der Waals surface area contributed by atoms with Crippen molar-refractivity contribution in [3.8, 4) is 0 Å². The molecule has 5 N–H and O–H groups in total. The summed E-state index contributed by atoms with van der Waals surface area (Å²) in [6, 6.07) is 2.60. The Kier molecular flexibility index (Phi) is 4.68. The summed E-state index contributed by atoms with van der Waals surface area (Å²) in [5.74, 6) is 0.941. The van der Waals surface area contributed by atoms with Crippen molar-refractivity contribution < 1.29 is 4.79 Å². The number of hydrogen-bond donors (Lipinski definition) is 3. The first-order valence-corrected chi connectivity index (χ1v) is 8.65. The Balaban J connectivity index is 1.40. The zero-order chi connectivity index (χ0) is 15.5. The number of anilines is 2. The van der Waals surface area contributed by atoms with Crippen molar-refractivity contribution in [1.82, 2.24) is 20.2 Å². The van der Waals surface area contributed by atoms with Crippen molar-refractivity contribution in [2.24, 2.45) is 0 Å². The molecular formula is C14H22N6OS. The second-order valence-corrected chi connectivity index (χ2v) is 6.84. The van der Waals surface area contributed by atoms with E-state index in [0.29, 0.717) is 16.8 Å². The van der Waals surface area contributed by atoms with Crippen LogP contribution in [-0.2, 0) is 4.79 Å². The molecule has 2 fully saturated rings. The number of nitrogens with one attached hydrogen (secondary N) is 1. The number of carbonyl (C=O) groups is 1. The summed E-state index contributed by atoms with van der Waals surface area (Å²) in [6.45, 7) is 2.19. The number of carbonyl (C=O) groups excluding carboxylic acids is 1. The number of likely N-dealkylation sites (tertiary alicyclic amines) is 1. The van der Waals surface area contributed by atoms with Gasteiger partial charge in [0.25, 0.3) is 0 Å². The van der Waals surface area contributed by atoms with Gasteiger partial charge < -0.3 is 21.7 Å². The van der Waals surface area contributed by atoms with E-state index in [1.165, 1.54) is 30.7 Å². The quantitative estimate of drug-likeness (QED) is 0.534. The van der Waals surface area contributed by atoms with Crippen LogP contribution in [0.15, 0.2) is 11.2 Å². The van der Waals surface area contributed by atoms with Crippen LogP contribution in [0.4, 0.5) is 11.6 Å². The van der Waals surface area contributed by atoms with Gasteiger partial charge in [-0.1, -0.05) is 11.8 Å². The van der Waals surface area contributed by atoms with Gasteiger partial charge in [0.15, 0.2) is 5.16 Å². The molecule has 0 aromatic carbocycles. The molecule has 0 radical (unpaired) electrons. The lowest BCUT2D eigenvalue weighted by Crippen LogP contribution is -2.45. The molecule has 7 nitrogen and oxygen atoms in total. The van der Waals surface area contributed by atoms with Gasteiger partial charge in [-0.15, -0.1) is 0 Å². The molecule has 0 atom stereocenters. The van der Waals surface area contributed by atoms with Crippen LogP contribution >= 0.6 is 11.8 Å². The van der Waals surface area contributed by atoms with Gasteiger partial charge in [0.2, 0.25) is 5.91 Å². The van der Waals surface area contributed by atoms with E-state index in [1.54, 1.807) is 0 Å². The Morgan fingerprint density at radius 2 is 1.86 bits per heavy atom. The molecule has 1 amide bonds. The van der Waals surface area contributed by atoms with E-state index in [-0.39, 0.29) is 17.7 Å². The molecule has 22 heavy (non-hydrogen) atoms. The Morgan fingerprint density at radius 1 is 1.23 bits per heavy atom. The Hall–Kier alpha value is -1.54. The van der Waals surface area contributed by atoms with Crippen LogP contribution in [-0.4, -0.2) is 51.7 Å². The molecule has 1 aromatic rings. The lowest BCUT2D eigenvalue weighted by Gasteiger charge is -2.32. The maximum Gasteiger partial charge on any atom is 0.230 e. The Labute approximate surface area is 134 Å². The molecule has 1 saturated carbocycles. The van der Waals surface area contributed by atoms with Crippen LogP contribution in [0.2, 0.25) is 0 Å². The summed E-state index contributed by atoms with van der Waals surface area (Å²) < 4.78 is 0. The molecule has 0 bridgehead atoms. The first-order valence-electron chi connectivity index (χ1n) is 7.66. The highest BCUT2D eigenvalue weighted by Crippen LogP contribution is 2.29. The average Bonchev–Trinajstić information content (AvgIpc) is 3.30. The topological polar surface area (TPSA) is 110 Å². The number of nitrogens with two attached hydrogens (primary N) is 2. The zero-order valence-electron chi connectivity index (χ0n) is 12.5. The normalized spacial score (nSPS) is 20.0. The summed E-state index contributed by atoms with van der Waals surface area (Å²) in [5.41, 5.74) is 11.2. The molecule has 2 aliphatic rings. The van der Waals surface area contributed by atoms with Crippen molar-refractivity contribution in [2.75, 3.05) is 30.3 Å². The van der Waals surface area contributed by atoms with E-state index < -0.39 is 0 Å². The molecule has 1 aliphatic carbocycles. The van der Waals surface area contributed by atoms with Crippen LogP contribution in [0.3, 0.4) is 0 Å². The van der Waals surface area contributed by atoms with Gasteiger partial charge in [0, 0.05) is 31.2 Å². The monoisotopic (exact) mass is 322 g/mol. The fourth-order valence-corrected chi connectivity index (χ4v) is 3.46. The minimum atomic E-state index is 0.0134. The highest BCUT2D eigenvalue weighted by atomic mass is 32.2. The zero-order valence-corrected chi connectivity index (χ0v) is 13.3. The summed E-state index contributed by atoms with van der Waals surface area (Å²) in [7, 11) is 0. The van der Waals surface area contributed by atoms with Crippen molar-refractivity contribution in [3.63, 3.8) is 0 Å². The van der Waals surface area contributed by atoms with Crippen molar-refractivity contribution in [1.29, 1.82) is 0 Å². The summed E-state index contributed by atoms with van der Waals surface area (Å²) >= 11 is 1.26. The number of nitrogens with zero attached hydrogens (tertiary/aromatic N) is 3. The minimum Gasteiger partial charge on any atom is -0.383 e. The van der Waals surface area contributed by atoms with Gasteiger partial charge in [0.05, 0.1) is 5.75 Å². The number of rotatable bonds is 5. The molecular weight excluding hydrogens is 300 g/mol. The van der Waals surface area contributed by atoms with E-state index in [4.69, 9.17) is 11.5 Å². The maximum absolute atomic E-state index is 12.0. The average molecular weight is 322 g/mol. The molecule has 3 rings (SSSR count). The predicted molar refractivity (Wildman–Crippen MR) is 87.3 cm³/mol. The van der Waals surface area contributed by atoms with E-state index in [9.17, 15) is 4.79 Å². The van der Waals surface area contributed by atoms with Gasteiger partial charge >= 0.3 is 0 Å². The number of thioether (sulfide) groups is 1. The van der Waals surface area contributed by atoms with Crippen LogP contribution in [0.1, 0.15) is 25.7 Å². The molecule has 2 heterocycles. The Morgan fingerprint density at radius 3 is 2.45 bits per heavy atom. The number of hydrogen-bond acceptors (Lipinski definition) is 7. The molecule has 0 spiro atoms. The first kappa shape index (κ1) is 15.4. The highest BCUT2D eigenvalue weighted by molar-refractivity contribution is 7.99. The van der Waals surface area contributed by atoms with Gasteiger partial charge in [-0.05, 0) is 25.7 Å². The molecule has 0 unspecified atom stereocenters. The van der Waals surface area contributed by atoms with Gasteiger partial charge in [-0.3, -0.25) is 4.79 Å². The van der Waals surface area contributed by atoms with Gasteiger partial charge in [0.1, 0.15) is 11.6 Å². The third-order valence-corrected chi connectivity index (χ3v) is 4.88. The summed E-state index contributed by atoms with van der Waals surface area (Å²) in [5, 5.41) is 3.53. The van der Waals surface area contributed by atoms with E-state index in [0.717, 1.165) is 32.0 Å². The standard InChI is InChI=1S/C14H22N6OS/c15-11-7-12(16)19-14(18-11)22-8-13(21)17-9-3-5-20(6-4-9)10-1-2-10/h7,9-10H,1-6,8H2,(H,17,21)(H4,15,16,18,19). The lowest BCUT2D eigenvalue weighted by atomic mass is 10.1. The highest BCUT2D eigenvalue weighted by Gasteiger charge is 2.32. The molecule has 120 valence electrons. The third-order valence-electron chi connectivity index (χ3n) is 4.04. The molecule has 8 heteroatoms.